The number of rotatable bonds is 4. The Morgan fingerprint density at radius 1 is 1.53 bits per heavy atom. The average molecular weight is 270 g/mol. The molecule has 0 heterocycles. The maximum absolute atomic E-state index is 11.5. The van der Waals surface area contributed by atoms with E-state index in [9.17, 15) is 4.79 Å². The van der Waals surface area contributed by atoms with Crippen molar-refractivity contribution in [1.29, 1.82) is 0 Å². The number of carbonyl (C=O) groups is 1. The second kappa shape index (κ2) is 5.91. The van der Waals surface area contributed by atoms with Crippen LogP contribution < -0.4 is 5.32 Å². The predicted octanol–water partition coefficient (Wildman–Crippen LogP) is 2.44. The number of carbonyl (C=O) groups excluding carboxylic acids is 1. The van der Waals surface area contributed by atoms with Gasteiger partial charge in [0.15, 0.2) is 0 Å². The summed E-state index contributed by atoms with van der Waals surface area (Å²) in [6, 6.07) is 8.02. The Morgan fingerprint density at radius 2 is 2.27 bits per heavy atom. The number of hydrogen-bond acceptors (Lipinski definition) is 1. The zero-order valence-corrected chi connectivity index (χ0v) is 10.7. The molecular weight excluding hydrogens is 254 g/mol. The van der Waals surface area contributed by atoms with E-state index in [-0.39, 0.29) is 5.91 Å². The fraction of sp³-hybridized carbons (Fsp3) is 0.417. The van der Waals surface area contributed by atoms with Gasteiger partial charge in [-0.2, -0.15) is 0 Å². The van der Waals surface area contributed by atoms with Gasteiger partial charge in [-0.05, 0) is 12.5 Å². The van der Waals surface area contributed by atoms with Gasteiger partial charge < -0.3 is 5.32 Å². The van der Waals surface area contributed by atoms with Crippen molar-refractivity contribution < 1.29 is 4.79 Å². The Bertz CT molecular complexity index is 336. The molecule has 0 aromatic heterocycles. The molecule has 82 valence electrons. The first-order valence-corrected chi connectivity index (χ1v) is 5.96. The molecule has 1 atom stereocenters. The molecule has 0 saturated carbocycles. The molecule has 3 heteroatoms. The van der Waals surface area contributed by atoms with Gasteiger partial charge in [0.1, 0.15) is 0 Å². The van der Waals surface area contributed by atoms with Crippen molar-refractivity contribution in [3.63, 3.8) is 0 Å². The lowest BCUT2D eigenvalue weighted by Crippen LogP contribution is -2.29. The van der Waals surface area contributed by atoms with Crippen molar-refractivity contribution in [1.82, 2.24) is 5.32 Å². The van der Waals surface area contributed by atoms with E-state index in [1.54, 1.807) is 0 Å². The van der Waals surface area contributed by atoms with Crippen LogP contribution in [0.1, 0.15) is 18.1 Å². The zero-order chi connectivity index (χ0) is 11.3. The number of benzene rings is 1. The molecule has 0 fully saturated rings. The van der Waals surface area contributed by atoms with Crippen LogP contribution in [0, 0.1) is 6.92 Å². The van der Waals surface area contributed by atoms with E-state index in [0.717, 1.165) is 5.56 Å². The van der Waals surface area contributed by atoms with Gasteiger partial charge in [0.25, 0.3) is 0 Å². The monoisotopic (exact) mass is 269 g/mol. The lowest BCUT2D eigenvalue weighted by Gasteiger charge is -2.06. The normalized spacial score (nSPS) is 12.2. The quantitative estimate of drug-likeness (QED) is 0.836. The van der Waals surface area contributed by atoms with E-state index in [0.29, 0.717) is 17.8 Å². The Morgan fingerprint density at radius 3 is 2.87 bits per heavy atom. The molecule has 0 radical (unpaired) electrons. The molecular formula is C12H16BrNO. The molecule has 2 nitrogen and oxygen atoms in total. The number of amides is 1. The molecule has 15 heavy (non-hydrogen) atoms. The second-order valence-electron chi connectivity index (χ2n) is 3.75. The highest BCUT2D eigenvalue weighted by Crippen LogP contribution is 2.04. The maximum atomic E-state index is 11.5. The first kappa shape index (κ1) is 12.2. The molecule has 0 saturated heterocycles. The molecule has 1 amide bonds. The molecule has 0 aliphatic carbocycles. The van der Waals surface area contributed by atoms with Crippen LogP contribution in [0.15, 0.2) is 24.3 Å². The summed E-state index contributed by atoms with van der Waals surface area (Å²) in [5.74, 6) is 0.0758. The van der Waals surface area contributed by atoms with Gasteiger partial charge in [-0.25, -0.2) is 0 Å². The van der Waals surface area contributed by atoms with Crippen molar-refractivity contribution in [2.24, 2.45) is 0 Å². The third-order valence-corrected chi connectivity index (χ3v) is 2.35. The van der Waals surface area contributed by atoms with Crippen molar-refractivity contribution in [3.8, 4) is 0 Å². The summed E-state index contributed by atoms with van der Waals surface area (Å²) in [5, 5.41) is 2.86. The SMILES string of the molecule is Cc1cccc(CC(=O)NCC(C)Br)c1. The van der Waals surface area contributed by atoms with E-state index in [1.165, 1.54) is 5.56 Å². The lowest BCUT2D eigenvalue weighted by molar-refractivity contribution is -0.120. The third kappa shape index (κ3) is 4.98. The van der Waals surface area contributed by atoms with E-state index in [1.807, 2.05) is 38.1 Å². The zero-order valence-electron chi connectivity index (χ0n) is 9.09. The summed E-state index contributed by atoms with van der Waals surface area (Å²) in [6.45, 7) is 4.71. The van der Waals surface area contributed by atoms with Crippen LogP contribution in [0.25, 0.3) is 0 Å². The van der Waals surface area contributed by atoms with E-state index < -0.39 is 0 Å². The maximum Gasteiger partial charge on any atom is 0.224 e. The number of alkyl halides is 1. The van der Waals surface area contributed by atoms with Crippen LogP contribution in [-0.4, -0.2) is 17.3 Å². The topological polar surface area (TPSA) is 29.1 Å². The third-order valence-electron chi connectivity index (χ3n) is 2.03. The van der Waals surface area contributed by atoms with Gasteiger partial charge in [-0.1, -0.05) is 52.7 Å². The fourth-order valence-electron chi connectivity index (χ4n) is 1.32. The van der Waals surface area contributed by atoms with Crippen molar-refractivity contribution in [2.75, 3.05) is 6.54 Å². The summed E-state index contributed by atoms with van der Waals surface area (Å²) in [6.07, 6.45) is 0.460. The smallest absolute Gasteiger partial charge is 0.224 e. The molecule has 0 spiro atoms. The summed E-state index contributed by atoms with van der Waals surface area (Å²) in [7, 11) is 0. The van der Waals surface area contributed by atoms with Crippen LogP contribution in [0.2, 0.25) is 0 Å². The van der Waals surface area contributed by atoms with Crippen LogP contribution >= 0.6 is 15.9 Å². The standard InChI is InChI=1S/C12H16BrNO/c1-9-4-3-5-11(6-9)7-12(15)14-8-10(2)13/h3-6,10H,7-8H2,1-2H3,(H,14,15). The first-order chi connectivity index (χ1) is 7.08. The Hall–Kier alpha value is -0.830. The van der Waals surface area contributed by atoms with Crippen LogP contribution in [0.4, 0.5) is 0 Å². The number of hydrogen-bond donors (Lipinski definition) is 1. The van der Waals surface area contributed by atoms with Gasteiger partial charge in [0.05, 0.1) is 6.42 Å². The summed E-state index contributed by atoms with van der Waals surface area (Å²) in [5.41, 5.74) is 2.25. The molecule has 1 aromatic rings. The molecule has 0 bridgehead atoms. The van der Waals surface area contributed by atoms with Gasteiger partial charge in [-0.3, -0.25) is 4.79 Å². The highest BCUT2D eigenvalue weighted by molar-refractivity contribution is 9.09. The number of aryl methyl sites for hydroxylation is 1. The van der Waals surface area contributed by atoms with Crippen LogP contribution in [-0.2, 0) is 11.2 Å². The molecule has 1 N–H and O–H groups in total. The minimum atomic E-state index is 0.0758. The molecule has 1 aromatic carbocycles. The lowest BCUT2D eigenvalue weighted by atomic mass is 10.1. The van der Waals surface area contributed by atoms with E-state index >= 15 is 0 Å². The predicted molar refractivity (Wildman–Crippen MR) is 66.3 cm³/mol. The largest absolute Gasteiger partial charge is 0.355 e. The van der Waals surface area contributed by atoms with Gasteiger partial charge in [-0.15, -0.1) is 0 Å². The van der Waals surface area contributed by atoms with Crippen molar-refractivity contribution >= 4 is 21.8 Å². The summed E-state index contributed by atoms with van der Waals surface area (Å²) in [4.78, 5) is 11.8. The number of halogens is 1. The minimum absolute atomic E-state index is 0.0758. The first-order valence-electron chi connectivity index (χ1n) is 5.04. The average Bonchev–Trinajstić information content (AvgIpc) is 2.15. The summed E-state index contributed by atoms with van der Waals surface area (Å²) < 4.78 is 0. The fourth-order valence-corrected chi connectivity index (χ4v) is 1.49. The Balaban J connectivity index is 2.44. The van der Waals surface area contributed by atoms with Crippen LogP contribution in [0.5, 0.6) is 0 Å². The van der Waals surface area contributed by atoms with Gasteiger partial charge in [0, 0.05) is 11.4 Å². The highest BCUT2D eigenvalue weighted by atomic mass is 79.9. The Kier molecular flexibility index (Phi) is 4.82. The molecule has 0 aliphatic heterocycles. The summed E-state index contributed by atoms with van der Waals surface area (Å²) >= 11 is 3.39. The van der Waals surface area contributed by atoms with Crippen molar-refractivity contribution in [3.05, 3.63) is 35.4 Å². The highest BCUT2D eigenvalue weighted by Gasteiger charge is 2.04. The molecule has 0 aliphatic rings. The molecule has 1 rings (SSSR count). The van der Waals surface area contributed by atoms with Crippen LogP contribution in [0.3, 0.4) is 0 Å². The van der Waals surface area contributed by atoms with E-state index in [4.69, 9.17) is 0 Å². The number of nitrogens with one attached hydrogen (secondary N) is 1. The van der Waals surface area contributed by atoms with Gasteiger partial charge >= 0.3 is 0 Å². The van der Waals surface area contributed by atoms with E-state index in [2.05, 4.69) is 21.2 Å². The minimum Gasteiger partial charge on any atom is -0.355 e. The van der Waals surface area contributed by atoms with Gasteiger partial charge in [0.2, 0.25) is 5.91 Å². The van der Waals surface area contributed by atoms with Crippen molar-refractivity contribution in [2.45, 2.75) is 25.1 Å². The second-order valence-corrected chi connectivity index (χ2v) is 5.31. The Labute approximate surface area is 99.2 Å². The molecule has 1 unspecified atom stereocenters.